The highest BCUT2D eigenvalue weighted by Crippen LogP contribution is 2.29. The number of thioether (sulfide) groups is 1. The van der Waals surface area contributed by atoms with Gasteiger partial charge in [-0.15, -0.1) is 11.8 Å². The standard InChI is InChI=1S/C25H26N2O2S/c1-2-3-8-19-13-15-21(16-14-19)27-25(29)18-30-24-12-7-5-10-22(24)26-17-20-9-4-6-11-23(20)28/h4-7,9-17,28H,2-3,8,18H2,1H3,(H,27,29)/b26-17+. The molecular weight excluding hydrogens is 392 g/mol. The van der Waals surface area contributed by atoms with Gasteiger partial charge in [-0.2, -0.15) is 0 Å². The average molecular weight is 419 g/mol. The fourth-order valence-electron chi connectivity index (χ4n) is 2.90. The molecule has 0 aromatic heterocycles. The number of nitrogens with zero attached hydrogens (tertiary/aromatic N) is 1. The molecule has 0 saturated heterocycles. The van der Waals surface area contributed by atoms with Gasteiger partial charge in [-0.3, -0.25) is 9.79 Å². The molecule has 5 heteroatoms. The summed E-state index contributed by atoms with van der Waals surface area (Å²) in [5.74, 6) is 0.424. The summed E-state index contributed by atoms with van der Waals surface area (Å²) < 4.78 is 0. The molecule has 0 heterocycles. The molecule has 3 rings (SSSR count). The van der Waals surface area contributed by atoms with Gasteiger partial charge < -0.3 is 10.4 Å². The fraction of sp³-hybridized carbons (Fsp3) is 0.200. The Balaban J connectivity index is 1.58. The van der Waals surface area contributed by atoms with Crippen LogP contribution < -0.4 is 5.32 Å². The van der Waals surface area contributed by atoms with Gasteiger partial charge in [-0.05, 0) is 54.8 Å². The zero-order chi connectivity index (χ0) is 21.2. The lowest BCUT2D eigenvalue weighted by Crippen LogP contribution is -2.13. The lowest BCUT2D eigenvalue weighted by molar-refractivity contribution is -0.113. The molecule has 30 heavy (non-hydrogen) atoms. The number of phenols is 1. The number of aromatic hydroxyl groups is 1. The molecule has 0 unspecified atom stereocenters. The molecule has 0 spiro atoms. The molecule has 0 atom stereocenters. The zero-order valence-corrected chi connectivity index (χ0v) is 17.9. The minimum absolute atomic E-state index is 0.0548. The van der Waals surface area contributed by atoms with E-state index in [1.54, 1.807) is 24.4 Å². The molecule has 3 aromatic carbocycles. The Bertz CT molecular complexity index is 1000. The number of nitrogens with one attached hydrogen (secondary N) is 1. The summed E-state index contributed by atoms with van der Waals surface area (Å²) in [6.45, 7) is 2.18. The molecule has 154 valence electrons. The number of anilines is 1. The molecule has 0 aliphatic heterocycles. The van der Waals surface area contributed by atoms with E-state index in [0.29, 0.717) is 11.3 Å². The summed E-state index contributed by atoms with van der Waals surface area (Å²) >= 11 is 1.44. The number of aryl methyl sites for hydroxylation is 1. The van der Waals surface area contributed by atoms with E-state index < -0.39 is 0 Å². The van der Waals surface area contributed by atoms with Gasteiger partial charge in [-0.1, -0.05) is 49.7 Å². The van der Waals surface area contributed by atoms with E-state index in [4.69, 9.17) is 0 Å². The van der Waals surface area contributed by atoms with Crippen LogP contribution in [0.25, 0.3) is 0 Å². The van der Waals surface area contributed by atoms with E-state index in [-0.39, 0.29) is 11.7 Å². The first-order valence-electron chi connectivity index (χ1n) is 10.1. The second-order valence-corrected chi connectivity index (χ2v) is 7.94. The van der Waals surface area contributed by atoms with Crippen molar-refractivity contribution in [1.29, 1.82) is 0 Å². The number of carbonyl (C=O) groups is 1. The largest absolute Gasteiger partial charge is 0.507 e. The Labute approximate surface area is 182 Å². The van der Waals surface area contributed by atoms with Crippen molar-refractivity contribution in [3.05, 3.63) is 83.9 Å². The third kappa shape index (κ3) is 6.49. The molecule has 3 aromatic rings. The smallest absolute Gasteiger partial charge is 0.234 e. The molecule has 0 saturated carbocycles. The number of benzene rings is 3. The summed E-state index contributed by atoms with van der Waals surface area (Å²) in [4.78, 5) is 17.8. The second kappa shape index (κ2) is 11.2. The molecule has 0 radical (unpaired) electrons. The van der Waals surface area contributed by atoms with Crippen molar-refractivity contribution in [2.45, 2.75) is 31.1 Å². The van der Waals surface area contributed by atoms with Gasteiger partial charge in [0, 0.05) is 22.4 Å². The molecule has 2 N–H and O–H groups in total. The fourth-order valence-corrected chi connectivity index (χ4v) is 3.70. The van der Waals surface area contributed by atoms with Crippen LogP contribution >= 0.6 is 11.8 Å². The molecule has 0 fully saturated rings. The van der Waals surface area contributed by atoms with Gasteiger partial charge in [0.05, 0.1) is 11.4 Å². The maximum absolute atomic E-state index is 12.4. The van der Waals surface area contributed by atoms with Crippen LogP contribution in [0.5, 0.6) is 5.75 Å². The predicted molar refractivity (Wildman–Crippen MR) is 126 cm³/mol. The van der Waals surface area contributed by atoms with Crippen LogP contribution in [0.15, 0.2) is 82.7 Å². The Morgan fingerprint density at radius 1 is 1.03 bits per heavy atom. The van der Waals surface area contributed by atoms with Crippen molar-refractivity contribution >= 4 is 35.3 Å². The number of hydrogen-bond acceptors (Lipinski definition) is 4. The Kier molecular flexibility index (Phi) is 8.10. The summed E-state index contributed by atoms with van der Waals surface area (Å²) in [7, 11) is 0. The summed E-state index contributed by atoms with van der Waals surface area (Å²) in [6.07, 6.45) is 5.05. The van der Waals surface area contributed by atoms with Crippen LogP contribution in [0.1, 0.15) is 30.9 Å². The topological polar surface area (TPSA) is 61.7 Å². The van der Waals surface area contributed by atoms with Crippen molar-refractivity contribution in [2.75, 3.05) is 11.1 Å². The molecule has 1 amide bonds. The van der Waals surface area contributed by atoms with Crippen molar-refractivity contribution in [1.82, 2.24) is 0 Å². The van der Waals surface area contributed by atoms with Crippen LogP contribution in [-0.2, 0) is 11.2 Å². The molecule has 4 nitrogen and oxygen atoms in total. The van der Waals surface area contributed by atoms with Crippen LogP contribution in [0.4, 0.5) is 11.4 Å². The van der Waals surface area contributed by atoms with E-state index in [0.717, 1.165) is 22.7 Å². The summed E-state index contributed by atoms with van der Waals surface area (Å²) in [5, 5.41) is 12.8. The highest BCUT2D eigenvalue weighted by Gasteiger charge is 2.07. The zero-order valence-electron chi connectivity index (χ0n) is 17.0. The minimum atomic E-state index is -0.0548. The second-order valence-electron chi connectivity index (χ2n) is 6.92. The highest BCUT2D eigenvalue weighted by atomic mass is 32.2. The minimum Gasteiger partial charge on any atom is -0.507 e. The van der Waals surface area contributed by atoms with Crippen LogP contribution in [0.2, 0.25) is 0 Å². The number of phenolic OH excluding ortho intramolecular Hbond substituents is 1. The van der Waals surface area contributed by atoms with Gasteiger partial charge in [0.2, 0.25) is 5.91 Å². The van der Waals surface area contributed by atoms with Crippen LogP contribution in [0, 0.1) is 0 Å². The predicted octanol–water partition coefficient (Wildman–Crippen LogP) is 6.22. The van der Waals surface area contributed by atoms with Crippen molar-refractivity contribution in [3.8, 4) is 5.75 Å². The van der Waals surface area contributed by atoms with Crippen molar-refractivity contribution in [3.63, 3.8) is 0 Å². The number of aliphatic imine (C=N–C) groups is 1. The van der Waals surface area contributed by atoms with E-state index in [9.17, 15) is 9.90 Å². The van der Waals surface area contributed by atoms with Crippen LogP contribution in [-0.4, -0.2) is 23.0 Å². The molecule has 0 bridgehead atoms. The van der Waals surface area contributed by atoms with Gasteiger partial charge in [0.25, 0.3) is 0 Å². The third-order valence-corrected chi connectivity index (χ3v) is 5.62. The van der Waals surface area contributed by atoms with E-state index in [2.05, 4.69) is 29.4 Å². The number of amides is 1. The van der Waals surface area contributed by atoms with Crippen molar-refractivity contribution < 1.29 is 9.90 Å². The number of carbonyl (C=O) groups excluding carboxylic acids is 1. The Hall–Kier alpha value is -3.05. The highest BCUT2D eigenvalue weighted by molar-refractivity contribution is 8.00. The quantitative estimate of drug-likeness (QED) is 0.320. The lowest BCUT2D eigenvalue weighted by atomic mass is 10.1. The first kappa shape index (κ1) is 21.7. The molecular formula is C25H26N2O2S. The monoisotopic (exact) mass is 418 g/mol. The van der Waals surface area contributed by atoms with E-state index in [1.807, 2.05) is 42.5 Å². The number of unbranched alkanes of at least 4 members (excludes halogenated alkanes) is 1. The van der Waals surface area contributed by atoms with Crippen molar-refractivity contribution in [2.24, 2.45) is 4.99 Å². The van der Waals surface area contributed by atoms with Gasteiger partial charge in [0.1, 0.15) is 5.75 Å². The van der Waals surface area contributed by atoms with Gasteiger partial charge >= 0.3 is 0 Å². The number of para-hydroxylation sites is 2. The maximum atomic E-state index is 12.4. The normalized spacial score (nSPS) is 11.0. The third-order valence-electron chi connectivity index (χ3n) is 4.56. The van der Waals surface area contributed by atoms with Gasteiger partial charge in [0.15, 0.2) is 0 Å². The maximum Gasteiger partial charge on any atom is 0.234 e. The SMILES string of the molecule is CCCCc1ccc(NC(=O)CSc2ccccc2/N=C/c2ccccc2O)cc1. The first-order valence-corrected chi connectivity index (χ1v) is 11.1. The van der Waals surface area contributed by atoms with E-state index >= 15 is 0 Å². The Morgan fingerprint density at radius 3 is 2.53 bits per heavy atom. The molecule has 0 aliphatic carbocycles. The Morgan fingerprint density at radius 2 is 1.77 bits per heavy atom. The lowest BCUT2D eigenvalue weighted by Gasteiger charge is -2.08. The first-order chi connectivity index (χ1) is 14.7. The average Bonchev–Trinajstić information content (AvgIpc) is 2.77. The molecule has 0 aliphatic rings. The van der Waals surface area contributed by atoms with E-state index in [1.165, 1.54) is 30.2 Å². The summed E-state index contributed by atoms with van der Waals surface area (Å²) in [5.41, 5.74) is 3.52. The van der Waals surface area contributed by atoms with Crippen LogP contribution in [0.3, 0.4) is 0 Å². The number of rotatable bonds is 9. The summed E-state index contributed by atoms with van der Waals surface area (Å²) in [6, 6.07) is 22.8. The number of hydrogen-bond donors (Lipinski definition) is 2. The van der Waals surface area contributed by atoms with Gasteiger partial charge in [-0.25, -0.2) is 0 Å².